The van der Waals surface area contributed by atoms with Gasteiger partial charge in [0.05, 0.1) is 5.56 Å². The van der Waals surface area contributed by atoms with Crippen LogP contribution in [0.3, 0.4) is 0 Å². The molecule has 0 spiro atoms. The number of amides is 1. The van der Waals surface area contributed by atoms with E-state index in [-0.39, 0.29) is 24.6 Å². The number of hydrogen-bond acceptors (Lipinski definition) is 2. The molecule has 0 atom stereocenters. The van der Waals surface area contributed by atoms with Crippen LogP contribution in [-0.4, -0.2) is 5.91 Å². The van der Waals surface area contributed by atoms with Crippen LogP contribution in [-0.2, 0) is 25.6 Å². The number of fused-ring (bicyclic) bond motifs is 1. The number of nitrogens with two attached hydrogens (primary N) is 1. The summed E-state index contributed by atoms with van der Waals surface area (Å²) in [5, 5.41) is 2.54. The fourth-order valence-electron chi connectivity index (χ4n) is 2.96. The molecule has 0 aromatic heterocycles. The fourth-order valence-corrected chi connectivity index (χ4v) is 2.96. The van der Waals surface area contributed by atoms with E-state index < -0.39 is 17.6 Å². The molecule has 25 heavy (non-hydrogen) atoms. The quantitative estimate of drug-likeness (QED) is 0.845. The van der Waals surface area contributed by atoms with Gasteiger partial charge in [-0.1, -0.05) is 6.07 Å². The van der Waals surface area contributed by atoms with Crippen molar-refractivity contribution in [2.75, 3.05) is 5.32 Å². The summed E-state index contributed by atoms with van der Waals surface area (Å²) in [6, 6.07) is 8.80. The Morgan fingerprint density at radius 3 is 2.48 bits per heavy atom. The first kappa shape index (κ1) is 19.3. The summed E-state index contributed by atoms with van der Waals surface area (Å²) in [6.45, 7) is -0.0361. The van der Waals surface area contributed by atoms with Crippen molar-refractivity contribution < 1.29 is 18.0 Å². The van der Waals surface area contributed by atoms with Gasteiger partial charge in [0, 0.05) is 17.8 Å². The predicted octanol–water partition coefficient (Wildman–Crippen LogP) is 4.33. The number of carbonyl (C=O) groups is 1. The normalized spacial score (nSPS) is 13.1. The highest BCUT2D eigenvalue weighted by Gasteiger charge is 2.31. The molecule has 0 radical (unpaired) electrons. The molecule has 1 aliphatic rings. The van der Waals surface area contributed by atoms with E-state index in [1.807, 2.05) is 12.1 Å². The Morgan fingerprint density at radius 1 is 1.08 bits per heavy atom. The zero-order chi connectivity index (χ0) is 17.3. The van der Waals surface area contributed by atoms with Gasteiger partial charge in [-0.05, 0) is 66.3 Å². The zero-order valence-electron chi connectivity index (χ0n) is 13.3. The lowest BCUT2D eigenvalue weighted by molar-refractivity contribution is -0.137. The summed E-state index contributed by atoms with van der Waals surface area (Å²) in [6.07, 6.45) is -1.49. The molecule has 1 amide bonds. The number of carbonyl (C=O) groups excluding carboxylic acids is 1. The summed E-state index contributed by atoms with van der Waals surface area (Å²) in [5.74, 6) is -0.424. The first-order valence-electron chi connectivity index (χ1n) is 7.71. The topological polar surface area (TPSA) is 55.1 Å². The zero-order valence-corrected chi connectivity index (χ0v) is 14.1. The van der Waals surface area contributed by atoms with Crippen molar-refractivity contribution in [2.24, 2.45) is 5.73 Å². The van der Waals surface area contributed by atoms with E-state index in [9.17, 15) is 18.0 Å². The number of halogens is 4. The molecule has 0 saturated carbocycles. The molecule has 134 valence electrons. The minimum absolute atomic E-state index is 0. The highest BCUT2D eigenvalue weighted by Crippen LogP contribution is 2.32. The van der Waals surface area contributed by atoms with E-state index in [0.717, 1.165) is 37.0 Å². The van der Waals surface area contributed by atoms with Gasteiger partial charge in [-0.3, -0.25) is 4.79 Å². The average molecular weight is 371 g/mol. The summed E-state index contributed by atoms with van der Waals surface area (Å²) in [5.41, 5.74) is 7.85. The molecular formula is C18H18ClF3N2O. The summed E-state index contributed by atoms with van der Waals surface area (Å²) >= 11 is 0. The molecule has 3 rings (SSSR count). The molecule has 0 heterocycles. The van der Waals surface area contributed by atoms with Crippen LogP contribution in [0.25, 0.3) is 0 Å². The number of rotatable bonds is 3. The predicted molar refractivity (Wildman–Crippen MR) is 93.0 cm³/mol. The van der Waals surface area contributed by atoms with Crippen molar-refractivity contribution in [3.63, 3.8) is 0 Å². The van der Waals surface area contributed by atoms with Crippen LogP contribution < -0.4 is 11.1 Å². The molecular weight excluding hydrogens is 353 g/mol. The third kappa shape index (κ3) is 4.32. The van der Waals surface area contributed by atoms with Crippen LogP contribution in [0, 0.1) is 0 Å². The van der Waals surface area contributed by atoms with E-state index in [0.29, 0.717) is 11.1 Å². The second-order valence-corrected chi connectivity index (χ2v) is 5.91. The van der Waals surface area contributed by atoms with Gasteiger partial charge in [0.15, 0.2) is 0 Å². The van der Waals surface area contributed by atoms with Crippen LogP contribution in [0.2, 0.25) is 0 Å². The number of alkyl halides is 3. The van der Waals surface area contributed by atoms with E-state index in [4.69, 9.17) is 5.73 Å². The molecule has 1 aliphatic carbocycles. The second kappa shape index (κ2) is 7.45. The van der Waals surface area contributed by atoms with Gasteiger partial charge < -0.3 is 11.1 Å². The van der Waals surface area contributed by atoms with Crippen LogP contribution in [0.4, 0.5) is 18.9 Å². The number of anilines is 1. The average Bonchev–Trinajstić information content (AvgIpc) is 3.01. The van der Waals surface area contributed by atoms with Crippen LogP contribution in [0.15, 0.2) is 36.4 Å². The molecule has 0 aliphatic heterocycles. The molecule has 0 fully saturated rings. The van der Waals surface area contributed by atoms with Crippen molar-refractivity contribution in [2.45, 2.75) is 32.0 Å². The van der Waals surface area contributed by atoms with Crippen LogP contribution >= 0.6 is 12.4 Å². The van der Waals surface area contributed by atoms with Crippen molar-refractivity contribution >= 4 is 24.0 Å². The van der Waals surface area contributed by atoms with Crippen molar-refractivity contribution in [3.8, 4) is 0 Å². The molecule has 3 N–H and O–H groups in total. The fraction of sp³-hybridized carbons (Fsp3) is 0.278. The molecule has 0 bridgehead atoms. The van der Waals surface area contributed by atoms with Crippen molar-refractivity contribution in [1.82, 2.24) is 0 Å². The van der Waals surface area contributed by atoms with Crippen molar-refractivity contribution in [3.05, 3.63) is 64.2 Å². The Hall–Kier alpha value is -2.05. The summed E-state index contributed by atoms with van der Waals surface area (Å²) < 4.78 is 38.8. The number of aryl methyl sites for hydroxylation is 2. The largest absolute Gasteiger partial charge is 0.416 e. The maximum absolute atomic E-state index is 12.9. The summed E-state index contributed by atoms with van der Waals surface area (Å²) in [4.78, 5) is 12.4. The third-order valence-electron chi connectivity index (χ3n) is 4.17. The third-order valence-corrected chi connectivity index (χ3v) is 4.17. The first-order chi connectivity index (χ1) is 11.4. The van der Waals surface area contributed by atoms with Gasteiger partial charge in [-0.15, -0.1) is 12.4 Å². The second-order valence-electron chi connectivity index (χ2n) is 5.91. The van der Waals surface area contributed by atoms with E-state index in [1.165, 1.54) is 11.6 Å². The Balaban J connectivity index is 0.00000225. The minimum Gasteiger partial charge on any atom is -0.326 e. The lowest BCUT2D eigenvalue weighted by Crippen LogP contribution is -2.14. The van der Waals surface area contributed by atoms with Gasteiger partial charge in [-0.2, -0.15) is 13.2 Å². The maximum atomic E-state index is 12.9. The summed E-state index contributed by atoms with van der Waals surface area (Å²) in [7, 11) is 0. The molecule has 7 heteroatoms. The van der Waals surface area contributed by atoms with E-state index >= 15 is 0 Å². The smallest absolute Gasteiger partial charge is 0.326 e. The molecule has 0 saturated heterocycles. The van der Waals surface area contributed by atoms with Crippen LogP contribution in [0.5, 0.6) is 0 Å². The lowest BCUT2D eigenvalue weighted by Gasteiger charge is -2.13. The van der Waals surface area contributed by atoms with Gasteiger partial charge >= 0.3 is 6.18 Å². The number of nitrogens with one attached hydrogen (secondary N) is 1. The van der Waals surface area contributed by atoms with Crippen molar-refractivity contribution in [1.29, 1.82) is 0 Å². The van der Waals surface area contributed by atoms with E-state index in [2.05, 4.69) is 5.32 Å². The highest BCUT2D eigenvalue weighted by molar-refractivity contribution is 6.04. The Bertz CT molecular complexity index is 790. The Labute approximate surface area is 149 Å². The maximum Gasteiger partial charge on any atom is 0.416 e. The standard InChI is InChI=1S/C18H17F3N2O.ClH/c19-18(20,21)15-6-11(10-22)7-16(9-15)23-17(24)14-5-4-12-2-1-3-13(12)8-14;/h4-9H,1-3,10,22H2,(H,23,24);1H. The highest BCUT2D eigenvalue weighted by atomic mass is 35.5. The monoisotopic (exact) mass is 370 g/mol. The first-order valence-corrected chi connectivity index (χ1v) is 7.71. The molecule has 2 aromatic rings. The molecule has 2 aromatic carbocycles. The Kier molecular flexibility index (Phi) is 5.75. The lowest BCUT2D eigenvalue weighted by atomic mass is 10.1. The van der Waals surface area contributed by atoms with E-state index in [1.54, 1.807) is 6.07 Å². The minimum atomic E-state index is -4.49. The SMILES string of the molecule is Cl.NCc1cc(NC(=O)c2ccc3c(c2)CCC3)cc(C(F)(F)F)c1. The number of hydrogen-bond donors (Lipinski definition) is 2. The Morgan fingerprint density at radius 2 is 1.80 bits per heavy atom. The van der Waals surface area contributed by atoms with Gasteiger partial charge in [-0.25, -0.2) is 0 Å². The number of benzene rings is 2. The van der Waals surface area contributed by atoms with Gasteiger partial charge in [0.2, 0.25) is 0 Å². The van der Waals surface area contributed by atoms with Gasteiger partial charge in [0.1, 0.15) is 0 Å². The van der Waals surface area contributed by atoms with Gasteiger partial charge in [0.25, 0.3) is 5.91 Å². The van der Waals surface area contributed by atoms with Crippen LogP contribution in [0.1, 0.15) is 39.0 Å². The molecule has 3 nitrogen and oxygen atoms in total. The molecule has 0 unspecified atom stereocenters.